The van der Waals surface area contributed by atoms with Crippen LogP contribution in [-0.4, -0.2) is 43.0 Å². The van der Waals surface area contributed by atoms with Crippen LogP contribution in [0.5, 0.6) is 0 Å². The van der Waals surface area contributed by atoms with Gasteiger partial charge < -0.3 is 10.6 Å². The number of carbonyl (C=O) groups is 1. The van der Waals surface area contributed by atoms with E-state index in [1.165, 1.54) is 0 Å². The highest BCUT2D eigenvalue weighted by atomic mass is 35.5. The Bertz CT molecular complexity index is 600. The van der Waals surface area contributed by atoms with Gasteiger partial charge in [-0.1, -0.05) is 0 Å². The summed E-state index contributed by atoms with van der Waals surface area (Å²) in [6.45, 7) is 0.544. The molecule has 19 heavy (non-hydrogen) atoms. The van der Waals surface area contributed by atoms with Gasteiger partial charge in [0.1, 0.15) is 6.33 Å². The van der Waals surface area contributed by atoms with Gasteiger partial charge >= 0.3 is 0 Å². The van der Waals surface area contributed by atoms with Crippen LogP contribution in [0.1, 0.15) is 6.42 Å². The molecule has 3 heterocycles. The summed E-state index contributed by atoms with van der Waals surface area (Å²) in [5.41, 5.74) is 0. The van der Waals surface area contributed by atoms with Gasteiger partial charge in [-0.15, -0.1) is 0 Å². The van der Waals surface area contributed by atoms with Crippen LogP contribution in [0.3, 0.4) is 0 Å². The summed E-state index contributed by atoms with van der Waals surface area (Å²) in [5.74, 6) is 0.718. The van der Waals surface area contributed by atoms with Crippen LogP contribution in [0.4, 0.5) is 5.95 Å². The van der Waals surface area contributed by atoms with Crippen LogP contribution in [0.25, 0.3) is 5.95 Å². The van der Waals surface area contributed by atoms with Gasteiger partial charge in [0.15, 0.2) is 0 Å². The Kier molecular flexibility index (Phi) is 3.00. The van der Waals surface area contributed by atoms with Crippen LogP contribution in [0.2, 0.25) is 5.28 Å². The number of hydrogen-bond donors (Lipinski definition) is 2. The molecule has 0 aromatic carbocycles. The molecule has 1 fully saturated rings. The number of rotatable bonds is 3. The fraction of sp³-hybridized carbons (Fsp3) is 0.300. The molecule has 3 rings (SSSR count). The van der Waals surface area contributed by atoms with Crippen molar-refractivity contribution in [3.8, 4) is 5.95 Å². The molecule has 2 N–H and O–H groups in total. The molecule has 0 saturated carbocycles. The summed E-state index contributed by atoms with van der Waals surface area (Å²) < 4.78 is 1.62. The van der Waals surface area contributed by atoms with Gasteiger partial charge in [-0.05, 0) is 11.6 Å². The Balaban J connectivity index is 1.84. The number of anilines is 1. The topological polar surface area (TPSA) is 97.6 Å². The normalized spacial score (nSPS) is 18.4. The number of carbonyl (C=O) groups excluding carboxylic acids is 1. The fourth-order valence-corrected chi connectivity index (χ4v) is 1.94. The molecule has 1 saturated heterocycles. The minimum absolute atomic E-state index is 0.00693. The molecule has 98 valence electrons. The minimum atomic E-state index is -0.0402. The summed E-state index contributed by atoms with van der Waals surface area (Å²) in [6.07, 6.45) is 5.28. The van der Waals surface area contributed by atoms with Crippen molar-refractivity contribution in [2.24, 2.45) is 0 Å². The maximum atomic E-state index is 11.1. The first kappa shape index (κ1) is 11.8. The van der Waals surface area contributed by atoms with Crippen molar-refractivity contribution < 1.29 is 4.79 Å². The summed E-state index contributed by atoms with van der Waals surface area (Å²) in [4.78, 5) is 27.3. The van der Waals surface area contributed by atoms with Gasteiger partial charge in [-0.25, -0.2) is 4.98 Å². The quantitative estimate of drug-likeness (QED) is 0.821. The molecule has 2 aromatic heterocycles. The first-order chi connectivity index (χ1) is 9.20. The Hall–Kier alpha value is -2.22. The van der Waals surface area contributed by atoms with Gasteiger partial charge in [-0.2, -0.15) is 15.0 Å². The number of nitrogens with one attached hydrogen (secondary N) is 2. The van der Waals surface area contributed by atoms with Crippen LogP contribution in [-0.2, 0) is 4.79 Å². The van der Waals surface area contributed by atoms with Crippen LogP contribution in [0.15, 0.2) is 18.7 Å². The van der Waals surface area contributed by atoms with E-state index in [-0.39, 0.29) is 17.2 Å². The summed E-state index contributed by atoms with van der Waals surface area (Å²) in [6, 6.07) is -0.0402. The molecule has 1 aliphatic heterocycles. The molecule has 0 radical (unpaired) electrons. The average molecular weight is 280 g/mol. The molecule has 1 unspecified atom stereocenters. The van der Waals surface area contributed by atoms with E-state index in [1.807, 2.05) is 0 Å². The molecule has 1 amide bonds. The summed E-state index contributed by atoms with van der Waals surface area (Å²) in [7, 11) is 0. The maximum absolute atomic E-state index is 11.1. The smallest absolute Gasteiger partial charge is 0.241 e. The maximum Gasteiger partial charge on any atom is 0.241 e. The van der Waals surface area contributed by atoms with Crippen molar-refractivity contribution in [2.75, 3.05) is 11.9 Å². The predicted octanol–water partition coefficient (Wildman–Crippen LogP) is 0.0111. The molecule has 1 aliphatic rings. The third kappa shape index (κ3) is 2.63. The SMILES string of the molecule is O=C1CC(Nc2nc(Cl)nc(-n3ccnc3)n2)CN1. The third-order valence-corrected chi connectivity index (χ3v) is 2.81. The number of aromatic nitrogens is 5. The molecule has 0 bridgehead atoms. The lowest BCUT2D eigenvalue weighted by Crippen LogP contribution is -2.24. The van der Waals surface area contributed by atoms with E-state index in [0.29, 0.717) is 24.9 Å². The zero-order valence-electron chi connectivity index (χ0n) is 9.75. The monoisotopic (exact) mass is 279 g/mol. The Morgan fingerprint density at radius 2 is 2.32 bits per heavy atom. The molecule has 9 heteroatoms. The molecule has 1 atom stereocenters. The molecule has 0 spiro atoms. The van der Waals surface area contributed by atoms with Crippen LogP contribution >= 0.6 is 11.6 Å². The Labute approximate surface area is 113 Å². The molecule has 2 aromatic rings. The van der Waals surface area contributed by atoms with Crippen molar-refractivity contribution >= 4 is 23.5 Å². The van der Waals surface area contributed by atoms with Crippen molar-refractivity contribution in [1.82, 2.24) is 29.8 Å². The number of imidazole rings is 1. The first-order valence-corrected chi connectivity index (χ1v) is 6.01. The van der Waals surface area contributed by atoms with E-state index in [2.05, 4.69) is 30.6 Å². The standard InChI is InChI=1S/C10H10ClN7O/c11-8-15-9(14-6-3-7(19)13-4-6)17-10(16-8)18-2-1-12-5-18/h1-2,5-6H,3-4H2,(H,13,19)(H,14,15,16,17). The number of halogens is 1. The van der Waals surface area contributed by atoms with Crippen molar-refractivity contribution in [1.29, 1.82) is 0 Å². The fourth-order valence-electron chi connectivity index (χ4n) is 1.79. The minimum Gasteiger partial charge on any atom is -0.354 e. The van der Waals surface area contributed by atoms with E-state index in [9.17, 15) is 4.79 Å². The number of hydrogen-bond acceptors (Lipinski definition) is 6. The first-order valence-electron chi connectivity index (χ1n) is 5.64. The number of nitrogens with zero attached hydrogens (tertiary/aromatic N) is 5. The zero-order chi connectivity index (χ0) is 13.2. The Morgan fingerprint density at radius 3 is 3.00 bits per heavy atom. The third-order valence-electron chi connectivity index (χ3n) is 2.64. The van der Waals surface area contributed by atoms with Crippen molar-refractivity contribution in [3.63, 3.8) is 0 Å². The second-order valence-corrected chi connectivity index (χ2v) is 4.39. The average Bonchev–Trinajstić information content (AvgIpc) is 3.00. The highest BCUT2D eigenvalue weighted by Gasteiger charge is 2.22. The van der Waals surface area contributed by atoms with Gasteiger partial charge in [0, 0.05) is 25.4 Å². The Morgan fingerprint density at radius 1 is 1.42 bits per heavy atom. The summed E-state index contributed by atoms with van der Waals surface area (Å²) in [5, 5.41) is 5.86. The van der Waals surface area contributed by atoms with Gasteiger partial charge in [0.2, 0.25) is 23.1 Å². The number of amides is 1. The van der Waals surface area contributed by atoms with E-state index >= 15 is 0 Å². The highest BCUT2D eigenvalue weighted by Crippen LogP contribution is 2.12. The highest BCUT2D eigenvalue weighted by molar-refractivity contribution is 6.28. The predicted molar refractivity (Wildman–Crippen MR) is 67.0 cm³/mol. The summed E-state index contributed by atoms with van der Waals surface area (Å²) >= 11 is 5.86. The van der Waals surface area contributed by atoms with Gasteiger partial charge in [-0.3, -0.25) is 9.36 Å². The van der Waals surface area contributed by atoms with E-state index < -0.39 is 0 Å². The lowest BCUT2D eigenvalue weighted by atomic mass is 10.3. The van der Waals surface area contributed by atoms with Crippen LogP contribution < -0.4 is 10.6 Å². The zero-order valence-corrected chi connectivity index (χ0v) is 10.5. The van der Waals surface area contributed by atoms with E-state index in [1.54, 1.807) is 23.3 Å². The molecular formula is C10H10ClN7O. The second-order valence-electron chi connectivity index (χ2n) is 4.05. The largest absolute Gasteiger partial charge is 0.354 e. The molecular weight excluding hydrogens is 270 g/mol. The molecule has 0 aliphatic carbocycles. The van der Waals surface area contributed by atoms with Crippen LogP contribution in [0, 0.1) is 0 Å². The van der Waals surface area contributed by atoms with Crippen molar-refractivity contribution in [3.05, 3.63) is 24.0 Å². The van der Waals surface area contributed by atoms with E-state index in [4.69, 9.17) is 11.6 Å². The van der Waals surface area contributed by atoms with E-state index in [0.717, 1.165) is 0 Å². The van der Waals surface area contributed by atoms with Gasteiger partial charge in [0.05, 0.1) is 6.04 Å². The lowest BCUT2D eigenvalue weighted by Gasteiger charge is -2.11. The molecule has 8 nitrogen and oxygen atoms in total. The second kappa shape index (κ2) is 4.81. The lowest BCUT2D eigenvalue weighted by molar-refractivity contribution is -0.119. The van der Waals surface area contributed by atoms with Gasteiger partial charge in [0.25, 0.3) is 0 Å². The van der Waals surface area contributed by atoms with Crippen molar-refractivity contribution in [2.45, 2.75) is 12.5 Å².